The predicted molar refractivity (Wildman–Crippen MR) is 72.1 cm³/mol. The monoisotopic (exact) mass is 237 g/mol. The van der Waals surface area contributed by atoms with Crippen LogP contribution in [0.5, 0.6) is 0 Å². The van der Waals surface area contributed by atoms with Crippen LogP contribution >= 0.6 is 11.8 Å². The van der Waals surface area contributed by atoms with Crippen LogP contribution in [-0.2, 0) is 0 Å². The molecule has 2 rings (SSSR count). The van der Waals surface area contributed by atoms with Crippen LogP contribution in [0.25, 0.3) is 0 Å². The summed E-state index contributed by atoms with van der Waals surface area (Å²) >= 11 is 2.07. The molecule has 1 unspecified atom stereocenters. The zero-order valence-corrected chi connectivity index (χ0v) is 10.8. The quantitative estimate of drug-likeness (QED) is 0.857. The fraction of sp³-hybridized carbons (Fsp3) is 0.583. The molecule has 0 aliphatic carbocycles. The third kappa shape index (κ3) is 2.43. The Morgan fingerprint density at radius 3 is 3.12 bits per heavy atom. The summed E-state index contributed by atoms with van der Waals surface area (Å²) in [6.07, 6.45) is 3.09. The zero-order chi connectivity index (χ0) is 11.5. The Kier molecular flexibility index (Phi) is 3.59. The first-order chi connectivity index (χ1) is 7.70. The van der Waals surface area contributed by atoms with Crippen LogP contribution < -0.4 is 10.6 Å². The first-order valence-corrected chi connectivity index (χ1v) is 6.84. The molecule has 2 heterocycles. The van der Waals surface area contributed by atoms with E-state index in [-0.39, 0.29) is 0 Å². The molecule has 1 atom stereocenters. The Bertz CT molecular complexity index is 367. The van der Waals surface area contributed by atoms with E-state index >= 15 is 0 Å². The molecule has 1 aliphatic heterocycles. The molecule has 1 aromatic rings. The molecule has 0 saturated carbocycles. The van der Waals surface area contributed by atoms with Gasteiger partial charge in [0.05, 0.1) is 0 Å². The second-order valence-corrected chi connectivity index (χ2v) is 5.65. The second kappa shape index (κ2) is 4.95. The van der Waals surface area contributed by atoms with E-state index in [0.29, 0.717) is 0 Å². The molecule has 0 radical (unpaired) electrons. The van der Waals surface area contributed by atoms with Gasteiger partial charge in [0, 0.05) is 42.0 Å². The molecule has 2 N–H and O–H groups in total. The van der Waals surface area contributed by atoms with E-state index in [4.69, 9.17) is 5.73 Å². The third-order valence-corrected chi connectivity index (χ3v) is 4.42. The lowest BCUT2D eigenvalue weighted by atomic mass is 10.2. The van der Waals surface area contributed by atoms with Gasteiger partial charge in [-0.25, -0.2) is 4.98 Å². The lowest BCUT2D eigenvalue weighted by molar-refractivity contribution is 0.720. The number of pyridine rings is 1. The predicted octanol–water partition coefficient (Wildman–Crippen LogP) is 2.30. The highest BCUT2D eigenvalue weighted by Crippen LogP contribution is 2.26. The highest BCUT2D eigenvalue weighted by atomic mass is 32.2. The van der Waals surface area contributed by atoms with E-state index in [0.717, 1.165) is 35.4 Å². The maximum absolute atomic E-state index is 5.92. The van der Waals surface area contributed by atoms with Gasteiger partial charge in [0.2, 0.25) is 0 Å². The number of hydrogen-bond donors (Lipinski definition) is 1. The zero-order valence-electron chi connectivity index (χ0n) is 9.94. The van der Waals surface area contributed by atoms with Crippen molar-refractivity contribution in [3.05, 3.63) is 17.8 Å². The molecule has 1 aromatic heterocycles. The minimum atomic E-state index is 0.734. The van der Waals surface area contributed by atoms with Crippen LogP contribution in [0.4, 0.5) is 11.5 Å². The number of anilines is 2. The molecule has 4 heteroatoms. The van der Waals surface area contributed by atoms with Crippen molar-refractivity contribution in [2.45, 2.75) is 25.5 Å². The summed E-state index contributed by atoms with van der Waals surface area (Å²) in [5, 5.41) is 0.734. The van der Waals surface area contributed by atoms with Gasteiger partial charge >= 0.3 is 0 Å². The largest absolute Gasteiger partial charge is 0.398 e. The van der Waals surface area contributed by atoms with Crippen molar-refractivity contribution < 1.29 is 0 Å². The molecular formula is C12H19N3S. The lowest BCUT2D eigenvalue weighted by Gasteiger charge is -2.32. The minimum absolute atomic E-state index is 0.734. The van der Waals surface area contributed by atoms with Crippen LogP contribution in [0, 0.1) is 6.92 Å². The third-order valence-electron chi connectivity index (χ3n) is 3.05. The van der Waals surface area contributed by atoms with Crippen molar-refractivity contribution in [3.8, 4) is 0 Å². The molecular weight excluding hydrogens is 218 g/mol. The molecule has 3 nitrogen and oxygen atoms in total. The lowest BCUT2D eigenvalue weighted by Crippen LogP contribution is -2.38. The van der Waals surface area contributed by atoms with Gasteiger partial charge in [-0.1, -0.05) is 6.92 Å². The number of rotatable bonds is 2. The number of hydrogen-bond acceptors (Lipinski definition) is 4. The van der Waals surface area contributed by atoms with Gasteiger partial charge < -0.3 is 10.6 Å². The molecule has 0 aromatic carbocycles. The van der Waals surface area contributed by atoms with Gasteiger partial charge in [-0.2, -0.15) is 11.8 Å². The first kappa shape index (κ1) is 11.6. The SMILES string of the molecule is CCC1CN(c2cc(N)c(C)cn2)CCS1. The normalized spacial score (nSPS) is 21.1. The summed E-state index contributed by atoms with van der Waals surface area (Å²) < 4.78 is 0. The summed E-state index contributed by atoms with van der Waals surface area (Å²) in [6, 6.07) is 2.00. The van der Waals surface area contributed by atoms with Gasteiger partial charge in [-0.3, -0.25) is 0 Å². The van der Waals surface area contributed by atoms with Crippen LogP contribution in [0.3, 0.4) is 0 Å². The summed E-state index contributed by atoms with van der Waals surface area (Å²) in [4.78, 5) is 6.82. The molecule has 0 amide bonds. The minimum Gasteiger partial charge on any atom is -0.398 e. The Morgan fingerprint density at radius 2 is 2.44 bits per heavy atom. The van der Waals surface area contributed by atoms with Gasteiger partial charge in [0.1, 0.15) is 5.82 Å². The van der Waals surface area contributed by atoms with Crippen LogP contribution in [0.1, 0.15) is 18.9 Å². The van der Waals surface area contributed by atoms with Crippen molar-refractivity contribution in [1.82, 2.24) is 4.98 Å². The molecule has 1 fully saturated rings. The Morgan fingerprint density at radius 1 is 1.62 bits per heavy atom. The fourth-order valence-electron chi connectivity index (χ4n) is 1.88. The van der Waals surface area contributed by atoms with E-state index in [1.165, 1.54) is 12.2 Å². The maximum Gasteiger partial charge on any atom is 0.130 e. The van der Waals surface area contributed by atoms with E-state index in [2.05, 4.69) is 28.6 Å². The van der Waals surface area contributed by atoms with E-state index in [1.54, 1.807) is 0 Å². The molecule has 0 bridgehead atoms. The van der Waals surface area contributed by atoms with E-state index in [1.807, 2.05) is 19.2 Å². The van der Waals surface area contributed by atoms with E-state index < -0.39 is 0 Å². The average Bonchev–Trinajstić information content (AvgIpc) is 2.33. The fourth-order valence-corrected chi connectivity index (χ4v) is 3.06. The molecule has 16 heavy (non-hydrogen) atoms. The van der Waals surface area contributed by atoms with Gasteiger partial charge in [0.25, 0.3) is 0 Å². The average molecular weight is 237 g/mol. The summed E-state index contributed by atoms with van der Waals surface area (Å²) in [5.74, 6) is 2.22. The smallest absolute Gasteiger partial charge is 0.130 e. The van der Waals surface area contributed by atoms with Crippen molar-refractivity contribution in [2.24, 2.45) is 0 Å². The Hall–Kier alpha value is -0.900. The highest BCUT2D eigenvalue weighted by molar-refractivity contribution is 8.00. The standard InChI is InChI=1S/C12H19N3S/c1-3-10-8-15(4-5-16-10)12-6-11(13)9(2)7-14-12/h6-7,10H,3-5,8H2,1-2H3,(H2,13,14). The highest BCUT2D eigenvalue weighted by Gasteiger charge is 2.20. The van der Waals surface area contributed by atoms with Gasteiger partial charge in [-0.15, -0.1) is 0 Å². The topological polar surface area (TPSA) is 42.1 Å². The summed E-state index contributed by atoms with van der Waals surface area (Å²) in [7, 11) is 0. The number of thioether (sulfide) groups is 1. The van der Waals surface area contributed by atoms with Crippen LogP contribution in [0.15, 0.2) is 12.3 Å². The number of aromatic nitrogens is 1. The second-order valence-electron chi connectivity index (χ2n) is 4.25. The van der Waals surface area contributed by atoms with Crippen molar-refractivity contribution in [3.63, 3.8) is 0 Å². The van der Waals surface area contributed by atoms with Gasteiger partial charge in [0.15, 0.2) is 0 Å². The molecule has 0 spiro atoms. The van der Waals surface area contributed by atoms with Crippen LogP contribution in [-0.4, -0.2) is 29.1 Å². The molecule has 88 valence electrons. The first-order valence-electron chi connectivity index (χ1n) is 5.79. The maximum atomic E-state index is 5.92. The Balaban J connectivity index is 2.13. The van der Waals surface area contributed by atoms with Crippen LogP contribution in [0.2, 0.25) is 0 Å². The Labute approximate surface area is 101 Å². The molecule has 1 aliphatic rings. The van der Waals surface area contributed by atoms with Crippen molar-refractivity contribution >= 4 is 23.3 Å². The number of nitrogens with two attached hydrogens (primary N) is 1. The van der Waals surface area contributed by atoms with Gasteiger partial charge in [-0.05, 0) is 18.9 Å². The van der Waals surface area contributed by atoms with Crippen molar-refractivity contribution in [1.29, 1.82) is 0 Å². The number of nitrogens with zero attached hydrogens (tertiary/aromatic N) is 2. The molecule has 1 saturated heterocycles. The summed E-state index contributed by atoms with van der Waals surface area (Å²) in [5.41, 5.74) is 7.82. The summed E-state index contributed by atoms with van der Waals surface area (Å²) in [6.45, 7) is 6.42. The van der Waals surface area contributed by atoms with E-state index in [9.17, 15) is 0 Å². The number of aryl methyl sites for hydroxylation is 1. The number of nitrogen functional groups attached to an aromatic ring is 1. The van der Waals surface area contributed by atoms with Crippen molar-refractivity contribution in [2.75, 3.05) is 29.5 Å².